The molecule has 2 N–H and O–H groups in total. The normalized spacial score (nSPS) is 14.3. The first kappa shape index (κ1) is 20.4. The van der Waals surface area contributed by atoms with Crippen molar-refractivity contribution in [2.45, 2.75) is 63.7 Å². The highest BCUT2D eigenvalue weighted by molar-refractivity contribution is 5.79. The molecule has 158 valence electrons. The Morgan fingerprint density at radius 3 is 2.93 bits per heavy atom. The van der Waals surface area contributed by atoms with Crippen molar-refractivity contribution in [3.05, 3.63) is 53.5 Å². The van der Waals surface area contributed by atoms with Gasteiger partial charge in [-0.05, 0) is 61.4 Å². The summed E-state index contributed by atoms with van der Waals surface area (Å²) < 4.78 is 5.24. The monoisotopic (exact) mass is 407 g/mol. The molecule has 30 heavy (non-hydrogen) atoms. The van der Waals surface area contributed by atoms with E-state index in [1.165, 1.54) is 12.0 Å². The summed E-state index contributed by atoms with van der Waals surface area (Å²) in [7, 11) is 0. The lowest BCUT2D eigenvalue weighted by Gasteiger charge is -2.17. The summed E-state index contributed by atoms with van der Waals surface area (Å²) in [5.74, 6) is -0.225. The molecule has 1 aliphatic rings. The Balaban J connectivity index is 1.18. The molecule has 6 heteroatoms. The van der Waals surface area contributed by atoms with Crippen LogP contribution >= 0.6 is 0 Å². The van der Waals surface area contributed by atoms with Crippen molar-refractivity contribution in [3.63, 3.8) is 0 Å². The van der Waals surface area contributed by atoms with Crippen molar-refractivity contribution in [1.29, 1.82) is 0 Å². The van der Waals surface area contributed by atoms with Gasteiger partial charge in [-0.3, -0.25) is 4.79 Å². The van der Waals surface area contributed by atoms with Crippen molar-refractivity contribution >= 4 is 22.9 Å². The molecule has 0 spiro atoms. The highest BCUT2D eigenvalue weighted by Gasteiger charge is 2.20. The second kappa shape index (κ2) is 9.74. The van der Waals surface area contributed by atoms with Crippen LogP contribution in [0.25, 0.3) is 11.1 Å². The number of aromatic nitrogens is 2. The number of fused-ring (bicyclic) bond motifs is 2. The van der Waals surface area contributed by atoms with Crippen molar-refractivity contribution in [2.75, 3.05) is 11.9 Å². The molecule has 1 atom stereocenters. The fourth-order valence-electron chi connectivity index (χ4n) is 4.19. The van der Waals surface area contributed by atoms with E-state index in [4.69, 9.17) is 9.40 Å². The minimum Gasteiger partial charge on any atom is -0.481 e. The van der Waals surface area contributed by atoms with Gasteiger partial charge < -0.3 is 14.8 Å². The molecule has 0 fully saturated rings. The van der Waals surface area contributed by atoms with Gasteiger partial charge in [-0.1, -0.05) is 31.7 Å². The second-order valence-corrected chi connectivity index (χ2v) is 8.12. The smallest absolute Gasteiger partial charge is 0.311 e. The Kier molecular flexibility index (Phi) is 6.62. The quantitative estimate of drug-likeness (QED) is 0.442. The molecule has 0 aromatic carbocycles. The molecule has 0 radical (unpaired) electrons. The van der Waals surface area contributed by atoms with Crippen molar-refractivity contribution < 1.29 is 14.3 Å². The van der Waals surface area contributed by atoms with E-state index in [9.17, 15) is 9.90 Å². The summed E-state index contributed by atoms with van der Waals surface area (Å²) >= 11 is 0. The largest absolute Gasteiger partial charge is 0.481 e. The Morgan fingerprint density at radius 1 is 1.17 bits per heavy atom. The van der Waals surface area contributed by atoms with E-state index in [0.29, 0.717) is 12.1 Å². The lowest BCUT2D eigenvalue weighted by atomic mass is 9.93. The van der Waals surface area contributed by atoms with E-state index in [2.05, 4.69) is 22.4 Å². The maximum absolute atomic E-state index is 11.7. The number of unbranched alkanes of at least 4 members (excludes halogenated alkanes) is 4. The molecular weight excluding hydrogens is 378 g/mol. The van der Waals surface area contributed by atoms with Gasteiger partial charge in [0.05, 0.1) is 12.2 Å². The molecule has 4 rings (SSSR count). The van der Waals surface area contributed by atoms with Crippen LogP contribution in [0.15, 0.2) is 41.1 Å². The number of hydrogen-bond acceptors (Lipinski definition) is 5. The lowest BCUT2D eigenvalue weighted by Crippen LogP contribution is -2.14. The Labute approximate surface area is 176 Å². The summed E-state index contributed by atoms with van der Waals surface area (Å²) in [5.41, 5.74) is 3.80. The minimum atomic E-state index is -0.785. The number of anilines is 1. The first-order chi connectivity index (χ1) is 14.7. The second-order valence-electron chi connectivity index (χ2n) is 8.12. The average molecular weight is 408 g/mol. The molecule has 6 nitrogen and oxygen atoms in total. The van der Waals surface area contributed by atoms with Gasteiger partial charge in [0.25, 0.3) is 0 Å². The van der Waals surface area contributed by atoms with E-state index in [1.807, 2.05) is 12.1 Å². The number of nitrogens with one attached hydrogen (secondary N) is 1. The molecule has 0 unspecified atom stereocenters. The molecule has 3 aromatic heterocycles. The Morgan fingerprint density at radius 2 is 2.03 bits per heavy atom. The molecule has 0 aliphatic carbocycles. The van der Waals surface area contributed by atoms with E-state index >= 15 is 0 Å². The fraction of sp³-hybridized carbons (Fsp3) is 0.458. The zero-order valence-electron chi connectivity index (χ0n) is 17.3. The van der Waals surface area contributed by atoms with Crippen LogP contribution in [0.3, 0.4) is 0 Å². The fourth-order valence-corrected chi connectivity index (χ4v) is 4.19. The molecule has 3 aromatic rings. The maximum atomic E-state index is 11.7. The van der Waals surface area contributed by atoms with Gasteiger partial charge in [0.2, 0.25) is 5.71 Å². The first-order valence-electron chi connectivity index (χ1n) is 11.0. The van der Waals surface area contributed by atoms with Gasteiger partial charge in [-0.15, -0.1) is 0 Å². The van der Waals surface area contributed by atoms with Gasteiger partial charge in [0.15, 0.2) is 0 Å². The first-order valence-corrected chi connectivity index (χ1v) is 11.0. The van der Waals surface area contributed by atoms with Gasteiger partial charge >= 0.3 is 5.97 Å². The number of rotatable bonds is 10. The number of furan rings is 1. The van der Waals surface area contributed by atoms with Crippen molar-refractivity contribution in [1.82, 2.24) is 9.97 Å². The summed E-state index contributed by atoms with van der Waals surface area (Å²) in [6.45, 7) is 1.02. The van der Waals surface area contributed by atoms with E-state index in [0.717, 1.165) is 74.0 Å². The highest BCUT2D eigenvalue weighted by Crippen LogP contribution is 2.26. The number of hydrogen-bond donors (Lipinski definition) is 2. The van der Waals surface area contributed by atoms with E-state index in [1.54, 1.807) is 12.5 Å². The topological polar surface area (TPSA) is 88.2 Å². The van der Waals surface area contributed by atoms with Gasteiger partial charge in [0.1, 0.15) is 5.82 Å². The summed E-state index contributed by atoms with van der Waals surface area (Å²) in [6, 6.07) is 8.07. The molecule has 0 bridgehead atoms. The van der Waals surface area contributed by atoms with Crippen LogP contribution in [0, 0.1) is 0 Å². The lowest BCUT2D eigenvalue weighted by molar-refractivity contribution is -0.139. The standard InChI is InChI=1S/C24H29N3O3/c28-24(29)21(19-15-18-12-14-30-23(18)26-16-19)9-5-3-1-2-4-8-20-11-10-17-7-6-13-25-22(17)27-20/h10-12,14-16,21H,1-9,13H2,(H,25,27)(H,28,29)/t21-/m0/s1. The third kappa shape index (κ3) is 4.99. The van der Waals surface area contributed by atoms with Crippen LogP contribution in [0.2, 0.25) is 0 Å². The van der Waals surface area contributed by atoms with Crippen molar-refractivity contribution in [2.24, 2.45) is 0 Å². The zero-order chi connectivity index (χ0) is 20.8. The Bertz CT molecular complexity index is 998. The number of carboxylic acid groups (broad SMARTS) is 1. The number of aliphatic carboxylic acids is 1. The van der Waals surface area contributed by atoms with Crippen LogP contribution < -0.4 is 5.32 Å². The van der Waals surface area contributed by atoms with Gasteiger partial charge in [0, 0.05) is 23.8 Å². The number of pyridine rings is 2. The van der Waals surface area contributed by atoms with Crippen LogP contribution in [-0.4, -0.2) is 27.6 Å². The summed E-state index contributed by atoms with van der Waals surface area (Å²) in [6.07, 6.45) is 12.5. The Hall–Kier alpha value is -2.89. The molecule has 0 amide bonds. The van der Waals surface area contributed by atoms with E-state index in [-0.39, 0.29) is 0 Å². The number of carbonyl (C=O) groups is 1. The molecule has 4 heterocycles. The summed E-state index contributed by atoms with van der Waals surface area (Å²) in [5, 5.41) is 13.9. The molecule has 0 saturated heterocycles. The number of nitrogens with zero attached hydrogens (tertiary/aromatic N) is 2. The third-order valence-electron chi connectivity index (χ3n) is 5.91. The SMILES string of the molecule is O=C(O)[C@@H](CCCCCCCc1ccc2c(n1)NCCC2)c1cnc2occc2c1. The van der Waals surface area contributed by atoms with Crippen LogP contribution in [0.1, 0.15) is 67.7 Å². The zero-order valence-corrected chi connectivity index (χ0v) is 17.3. The molecule has 0 saturated carbocycles. The predicted molar refractivity (Wildman–Crippen MR) is 117 cm³/mol. The van der Waals surface area contributed by atoms with Crippen LogP contribution in [0.4, 0.5) is 5.82 Å². The van der Waals surface area contributed by atoms with Gasteiger partial charge in [-0.2, -0.15) is 0 Å². The van der Waals surface area contributed by atoms with Gasteiger partial charge in [-0.25, -0.2) is 9.97 Å². The molecule has 1 aliphatic heterocycles. The number of carboxylic acids is 1. The average Bonchev–Trinajstić information content (AvgIpc) is 3.23. The highest BCUT2D eigenvalue weighted by atomic mass is 16.4. The summed E-state index contributed by atoms with van der Waals surface area (Å²) in [4.78, 5) is 20.7. The number of aryl methyl sites for hydroxylation is 2. The molecular formula is C24H29N3O3. The van der Waals surface area contributed by atoms with Crippen molar-refractivity contribution in [3.8, 4) is 0 Å². The van der Waals surface area contributed by atoms with E-state index < -0.39 is 11.9 Å². The maximum Gasteiger partial charge on any atom is 0.311 e. The van der Waals surface area contributed by atoms with Crippen LogP contribution in [0.5, 0.6) is 0 Å². The minimum absolute atomic E-state index is 0.510. The van der Waals surface area contributed by atoms with Crippen LogP contribution in [-0.2, 0) is 17.6 Å². The predicted octanol–water partition coefficient (Wildman–Crippen LogP) is 5.33. The third-order valence-corrected chi connectivity index (χ3v) is 5.91.